The van der Waals surface area contributed by atoms with E-state index in [1.807, 2.05) is 0 Å². The van der Waals surface area contributed by atoms with Crippen molar-refractivity contribution in [1.29, 1.82) is 0 Å². The molecule has 7 nitrogen and oxygen atoms in total. The molecular formula is C12H13NO6S2. The largest absolute Gasteiger partial charge is 0.388 e. The number of hydrogen-bond acceptors (Lipinski definition) is 5. The van der Waals surface area contributed by atoms with E-state index in [9.17, 15) is 21.4 Å². The number of nitrogens with one attached hydrogen (secondary N) is 1. The van der Waals surface area contributed by atoms with E-state index in [1.165, 1.54) is 6.07 Å². The molecule has 21 heavy (non-hydrogen) atoms. The van der Waals surface area contributed by atoms with Crippen LogP contribution in [0.5, 0.6) is 0 Å². The van der Waals surface area contributed by atoms with Gasteiger partial charge in [-0.2, -0.15) is 16.8 Å². The van der Waals surface area contributed by atoms with Gasteiger partial charge in [-0.25, -0.2) is 0 Å². The van der Waals surface area contributed by atoms with Gasteiger partial charge in [0, 0.05) is 18.1 Å². The minimum Gasteiger partial charge on any atom is -0.388 e. The Labute approximate surface area is 122 Å². The molecule has 3 N–H and O–H groups in total. The maximum Gasteiger partial charge on any atom is 0.295 e. The maximum absolute atomic E-state index is 11.5. The molecule has 0 radical (unpaired) electrons. The molecule has 0 aliphatic rings. The molecule has 0 unspecified atom stereocenters. The molecule has 0 aliphatic carbocycles. The standard InChI is InChI=1S/C12H13NO6S2/c1-7-3-8-4-9(20(14,15)16)5-12(21(17,18)19)10(8)6-11(7)13-2/h3-6,13H,1-2H3,(H,14,15,16)(H,17,18,19). The van der Waals surface area contributed by atoms with Gasteiger partial charge in [-0.05, 0) is 42.1 Å². The molecule has 0 aliphatic heterocycles. The zero-order valence-corrected chi connectivity index (χ0v) is 12.8. The van der Waals surface area contributed by atoms with Gasteiger partial charge in [-0.3, -0.25) is 9.11 Å². The van der Waals surface area contributed by atoms with Crippen molar-refractivity contribution in [3.05, 3.63) is 29.8 Å². The summed E-state index contributed by atoms with van der Waals surface area (Å²) in [5.74, 6) is 0. The number of fused-ring (bicyclic) bond motifs is 1. The van der Waals surface area contributed by atoms with Gasteiger partial charge in [-0.15, -0.1) is 0 Å². The molecule has 0 spiro atoms. The minimum atomic E-state index is -4.65. The molecule has 0 atom stereocenters. The molecule has 2 rings (SSSR count). The summed E-state index contributed by atoms with van der Waals surface area (Å²) in [6.45, 7) is 1.75. The Morgan fingerprint density at radius 3 is 2.05 bits per heavy atom. The van der Waals surface area contributed by atoms with Gasteiger partial charge < -0.3 is 5.32 Å². The highest BCUT2D eigenvalue weighted by Crippen LogP contribution is 2.31. The zero-order chi connectivity index (χ0) is 16.0. The third-order valence-electron chi connectivity index (χ3n) is 3.08. The highest BCUT2D eigenvalue weighted by Gasteiger charge is 2.21. The lowest BCUT2D eigenvalue weighted by Gasteiger charge is -2.11. The van der Waals surface area contributed by atoms with Gasteiger partial charge in [-0.1, -0.05) is 0 Å². The van der Waals surface area contributed by atoms with Crippen molar-refractivity contribution in [3.63, 3.8) is 0 Å². The molecular weight excluding hydrogens is 318 g/mol. The van der Waals surface area contributed by atoms with E-state index >= 15 is 0 Å². The summed E-state index contributed by atoms with van der Waals surface area (Å²) in [4.78, 5) is -1.18. The van der Waals surface area contributed by atoms with Crippen LogP contribution in [0.1, 0.15) is 5.56 Å². The summed E-state index contributed by atoms with van der Waals surface area (Å²) >= 11 is 0. The number of rotatable bonds is 3. The topological polar surface area (TPSA) is 121 Å². The lowest BCUT2D eigenvalue weighted by molar-refractivity contribution is 0.482. The van der Waals surface area contributed by atoms with Gasteiger partial charge in [0.25, 0.3) is 20.2 Å². The van der Waals surface area contributed by atoms with Crippen LogP contribution in [0.15, 0.2) is 34.1 Å². The molecule has 9 heteroatoms. The first kappa shape index (κ1) is 15.7. The smallest absolute Gasteiger partial charge is 0.295 e. The molecule has 2 aromatic rings. The third kappa shape index (κ3) is 3.00. The summed E-state index contributed by atoms with van der Waals surface area (Å²) in [7, 11) is -7.60. The van der Waals surface area contributed by atoms with Crippen molar-refractivity contribution < 1.29 is 25.9 Å². The van der Waals surface area contributed by atoms with Gasteiger partial charge in [0.15, 0.2) is 0 Å². The van der Waals surface area contributed by atoms with Crippen LogP contribution in [0.25, 0.3) is 10.8 Å². The quantitative estimate of drug-likeness (QED) is 0.732. The maximum atomic E-state index is 11.5. The lowest BCUT2D eigenvalue weighted by atomic mass is 10.1. The second kappa shape index (κ2) is 4.95. The third-order valence-corrected chi connectivity index (χ3v) is 4.80. The van der Waals surface area contributed by atoms with E-state index in [0.29, 0.717) is 5.69 Å². The second-order valence-electron chi connectivity index (χ2n) is 4.51. The first-order valence-electron chi connectivity index (χ1n) is 5.75. The van der Waals surface area contributed by atoms with E-state index in [0.717, 1.165) is 17.7 Å². The van der Waals surface area contributed by atoms with Crippen LogP contribution in [0.4, 0.5) is 5.69 Å². The van der Waals surface area contributed by atoms with E-state index in [4.69, 9.17) is 4.55 Å². The van der Waals surface area contributed by atoms with Crippen LogP contribution >= 0.6 is 0 Å². The molecule has 0 heterocycles. The summed E-state index contributed by atoms with van der Waals surface area (Å²) in [5.41, 5.74) is 1.38. The number of anilines is 1. The number of hydrogen-bond donors (Lipinski definition) is 3. The Morgan fingerprint density at radius 2 is 1.57 bits per heavy atom. The number of aryl methyl sites for hydroxylation is 1. The second-order valence-corrected chi connectivity index (χ2v) is 7.32. The van der Waals surface area contributed by atoms with E-state index in [-0.39, 0.29) is 10.8 Å². The zero-order valence-electron chi connectivity index (χ0n) is 11.2. The van der Waals surface area contributed by atoms with Crippen LogP contribution in [-0.4, -0.2) is 33.0 Å². The first-order chi connectivity index (χ1) is 9.54. The highest BCUT2D eigenvalue weighted by molar-refractivity contribution is 7.86. The minimum absolute atomic E-state index is 0.153. The number of benzene rings is 2. The Balaban J connectivity index is 3.02. The normalized spacial score (nSPS) is 12.6. The SMILES string of the molecule is CNc1cc2c(S(=O)(=O)O)cc(S(=O)(=O)O)cc2cc1C. The van der Waals surface area contributed by atoms with Crippen molar-refractivity contribution in [2.45, 2.75) is 16.7 Å². The lowest BCUT2D eigenvalue weighted by Crippen LogP contribution is -2.05. The summed E-state index contributed by atoms with van der Waals surface area (Å²) < 4.78 is 63.8. The van der Waals surface area contributed by atoms with Crippen molar-refractivity contribution in [2.24, 2.45) is 0 Å². The molecule has 0 aromatic heterocycles. The molecule has 0 saturated carbocycles. The fraction of sp³-hybridized carbons (Fsp3) is 0.167. The van der Waals surface area contributed by atoms with Gasteiger partial charge in [0.05, 0.1) is 4.90 Å². The van der Waals surface area contributed by atoms with Crippen LogP contribution in [-0.2, 0) is 20.2 Å². The highest BCUT2D eigenvalue weighted by atomic mass is 32.2. The Hall–Kier alpha value is -1.68. The molecule has 0 bridgehead atoms. The molecule has 0 amide bonds. The molecule has 0 fully saturated rings. The van der Waals surface area contributed by atoms with E-state index in [2.05, 4.69) is 5.32 Å². The molecule has 2 aromatic carbocycles. The van der Waals surface area contributed by atoms with Gasteiger partial charge in [0.2, 0.25) is 0 Å². The summed E-state index contributed by atoms with van der Waals surface area (Å²) in [6.07, 6.45) is 0. The Morgan fingerprint density at radius 1 is 0.952 bits per heavy atom. The summed E-state index contributed by atoms with van der Waals surface area (Å²) in [5, 5.41) is 3.29. The molecule has 0 saturated heterocycles. The van der Waals surface area contributed by atoms with Crippen LogP contribution in [0.2, 0.25) is 0 Å². The van der Waals surface area contributed by atoms with Crippen LogP contribution < -0.4 is 5.32 Å². The van der Waals surface area contributed by atoms with Gasteiger partial charge >= 0.3 is 0 Å². The van der Waals surface area contributed by atoms with Gasteiger partial charge in [0.1, 0.15) is 4.90 Å². The van der Waals surface area contributed by atoms with Crippen molar-refractivity contribution >= 4 is 36.7 Å². The van der Waals surface area contributed by atoms with Crippen molar-refractivity contribution in [3.8, 4) is 0 Å². The predicted molar refractivity (Wildman–Crippen MR) is 77.9 cm³/mol. The van der Waals surface area contributed by atoms with E-state index in [1.54, 1.807) is 20.0 Å². The van der Waals surface area contributed by atoms with Crippen molar-refractivity contribution in [1.82, 2.24) is 0 Å². The summed E-state index contributed by atoms with van der Waals surface area (Å²) in [6, 6.07) is 4.92. The monoisotopic (exact) mass is 331 g/mol. The average molecular weight is 331 g/mol. The van der Waals surface area contributed by atoms with Crippen LogP contribution in [0.3, 0.4) is 0 Å². The average Bonchev–Trinajstić information content (AvgIpc) is 2.34. The Bertz CT molecular complexity index is 932. The Kier molecular flexibility index (Phi) is 3.70. The van der Waals surface area contributed by atoms with E-state index < -0.39 is 30.0 Å². The van der Waals surface area contributed by atoms with Crippen molar-refractivity contribution in [2.75, 3.05) is 12.4 Å². The first-order valence-corrected chi connectivity index (χ1v) is 8.63. The predicted octanol–water partition coefficient (Wildman–Crippen LogP) is 1.68. The molecule has 114 valence electrons. The fourth-order valence-corrected chi connectivity index (χ4v) is 3.44. The van der Waals surface area contributed by atoms with Crippen LogP contribution in [0, 0.1) is 6.92 Å². The fourth-order valence-electron chi connectivity index (χ4n) is 2.10.